The van der Waals surface area contributed by atoms with Crippen LogP contribution in [-0.4, -0.2) is 31.6 Å². The molecule has 0 unspecified atom stereocenters. The van der Waals surface area contributed by atoms with Gasteiger partial charge >= 0.3 is 0 Å². The van der Waals surface area contributed by atoms with E-state index in [1.54, 1.807) is 0 Å². The molecule has 3 aromatic heterocycles. The minimum Gasteiger partial charge on any atom is -0.354 e. The number of nitrogens with zero attached hydrogens (tertiary/aromatic N) is 4. The zero-order chi connectivity index (χ0) is 15.5. The third-order valence-corrected chi connectivity index (χ3v) is 3.77. The Morgan fingerprint density at radius 3 is 2.68 bits per heavy atom. The van der Waals surface area contributed by atoms with Gasteiger partial charge in [-0.3, -0.25) is 9.20 Å². The van der Waals surface area contributed by atoms with E-state index in [9.17, 15) is 4.79 Å². The van der Waals surface area contributed by atoms with E-state index in [-0.39, 0.29) is 5.91 Å². The number of rotatable bonds is 5. The predicted molar refractivity (Wildman–Crippen MR) is 83.6 cm³/mol. The first-order valence-electron chi connectivity index (χ1n) is 7.33. The minimum atomic E-state index is 0.0104. The number of nitrogens with one attached hydrogen (secondary N) is 1. The van der Waals surface area contributed by atoms with Crippen molar-refractivity contribution in [3.8, 4) is 0 Å². The lowest BCUT2D eigenvalue weighted by Gasteiger charge is -2.09. The van der Waals surface area contributed by atoms with Crippen LogP contribution < -0.4 is 5.32 Å². The second kappa shape index (κ2) is 6.01. The monoisotopic (exact) mass is 297 g/mol. The van der Waals surface area contributed by atoms with Crippen molar-refractivity contribution in [3.05, 3.63) is 53.7 Å². The van der Waals surface area contributed by atoms with Crippen molar-refractivity contribution in [2.24, 2.45) is 0 Å². The number of carbonyl (C=O) groups is 1. The predicted octanol–water partition coefficient (Wildman–Crippen LogP) is 1.51. The van der Waals surface area contributed by atoms with Gasteiger partial charge in [0, 0.05) is 30.6 Å². The fraction of sp³-hybridized carbons (Fsp3) is 0.312. The van der Waals surface area contributed by atoms with Gasteiger partial charge in [0.05, 0.1) is 0 Å². The smallest absolute Gasteiger partial charge is 0.239 e. The molecule has 1 N–H and O–H groups in total. The Hall–Kier alpha value is -2.63. The number of pyridine rings is 1. The highest BCUT2D eigenvalue weighted by molar-refractivity contribution is 5.75. The first-order valence-corrected chi connectivity index (χ1v) is 7.33. The van der Waals surface area contributed by atoms with E-state index in [4.69, 9.17) is 0 Å². The lowest BCUT2D eigenvalue weighted by molar-refractivity contribution is -0.121. The summed E-state index contributed by atoms with van der Waals surface area (Å²) in [5.74, 6) is 0.862. The van der Waals surface area contributed by atoms with E-state index in [2.05, 4.69) is 15.5 Å². The molecular weight excluding hydrogens is 278 g/mol. The molecule has 6 nitrogen and oxygen atoms in total. The number of hydrogen-bond acceptors (Lipinski definition) is 3. The minimum absolute atomic E-state index is 0.0104. The Morgan fingerprint density at radius 1 is 1.14 bits per heavy atom. The van der Waals surface area contributed by atoms with Gasteiger partial charge in [0.25, 0.3) is 0 Å². The number of amides is 1. The maximum absolute atomic E-state index is 12.0. The molecule has 0 spiro atoms. The fourth-order valence-electron chi connectivity index (χ4n) is 2.52. The standard InChI is InChI=1S/C16H19N5O/c1-12-6-7-13(2)21(12)11-16(22)17-9-8-15-19-18-14-5-3-4-10-20(14)15/h3-7,10H,8-9,11H2,1-2H3,(H,17,22). The van der Waals surface area contributed by atoms with Crippen molar-refractivity contribution in [3.63, 3.8) is 0 Å². The Kier molecular flexibility index (Phi) is 3.91. The summed E-state index contributed by atoms with van der Waals surface area (Å²) in [6, 6.07) is 9.82. The highest BCUT2D eigenvalue weighted by Gasteiger charge is 2.08. The topological polar surface area (TPSA) is 64.2 Å². The van der Waals surface area contributed by atoms with E-state index in [1.807, 2.05) is 59.3 Å². The maximum atomic E-state index is 12.0. The lowest BCUT2D eigenvalue weighted by atomic mass is 10.3. The second-order valence-corrected chi connectivity index (χ2v) is 5.35. The highest BCUT2D eigenvalue weighted by Crippen LogP contribution is 2.06. The first kappa shape index (κ1) is 14.3. The summed E-state index contributed by atoms with van der Waals surface area (Å²) >= 11 is 0. The molecule has 0 aliphatic heterocycles. The summed E-state index contributed by atoms with van der Waals surface area (Å²) in [4.78, 5) is 12.0. The molecule has 0 aromatic carbocycles. The van der Waals surface area contributed by atoms with Crippen LogP contribution in [0.25, 0.3) is 5.65 Å². The summed E-state index contributed by atoms with van der Waals surface area (Å²) in [6.07, 6.45) is 2.58. The van der Waals surface area contributed by atoms with Crippen molar-refractivity contribution < 1.29 is 4.79 Å². The van der Waals surface area contributed by atoms with Crippen LogP contribution in [0.5, 0.6) is 0 Å². The molecule has 3 heterocycles. The van der Waals surface area contributed by atoms with Crippen molar-refractivity contribution in [2.45, 2.75) is 26.8 Å². The van der Waals surface area contributed by atoms with Crippen LogP contribution in [0.1, 0.15) is 17.2 Å². The SMILES string of the molecule is Cc1ccc(C)n1CC(=O)NCCc1nnc2ccccn12. The quantitative estimate of drug-likeness (QED) is 0.776. The Morgan fingerprint density at radius 2 is 1.91 bits per heavy atom. The molecule has 114 valence electrons. The summed E-state index contributed by atoms with van der Waals surface area (Å²) in [5.41, 5.74) is 3.01. The van der Waals surface area contributed by atoms with Gasteiger partial charge in [0.15, 0.2) is 5.65 Å². The van der Waals surface area contributed by atoms with Crippen LogP contribution in [0.4, 0.5) is 0 Å². The Labute approximate surface area is 128 Å². The first-order chi connectivity index (χ1) is 10.6. The van der Waals surface area contributed by atoms with Gasteiger partial charge < -0.3 is 9.88 Å². The van der Waals surface area contributed by atoms with Crippen molar-refractivity contribution in [1.82, 2.24) is 24.5 Å². The molecule has 6 heteroatoms. The Balaban J connectivity index is 1.56. The van der Waals surface area contributed by atoms with Crippen molar-refractivity contribution in [1.29, 1.82) is 0 Å². The Bertz CT molecular complexity index is 782. The zero-order valence-electron chi connectivity index (χ0n) is 12.8. The van der Waals surface area contributed by atoms with Gasteiger partial charge in [-0.05, 0) is 38.1 Å². The summed E-state index contributed by atoms with van der Waals surface area (Å²) < 4.78 is 3.94. The average molecular weight is 297 g/mol. The van der Waals surface area contributed by atoms with Crippen LogP contribution >= 0.6 is 0 Å². The van der Waals surface area contributed by atoms with E-state index in [0.717, 1.165) is 22.9 Å². The third-order valence-electron chi connectivity index (χ3n) is 3.77. The highest BCUT2D eigenvalue weighted by atomic mass is 16.1. The number of aryl methyl sites for hydroxylation is 2. The third kappa shape index (κ3) is 2.86. The van der Waals surface area contributed by atoms with Gasteiger partial charge in [-0.2, -0.15) is 0 Å². The van der Waals surface area contributed by atoms with E-state index < -0.39 is 0 Å². The largest absolute Gasteiger partial charge is 0.354 e. The molecule has 3 rings (SSSR count). The molecular formula is C16H19N5O. The van der Waals surface area contributed by atoms with Crippen LogP contribution in [0, 0.1) is 13.8 Å². The molecule has 1 amide bonds. The molecule has 0 fully saturated rings. The van der Waals surface area contributed by atoms with E-state index in [0.29, 0.717) is 19.5 Å². The molecule has 22 heavy (non-hydrogen) atoms. The van der Waals surface area contributed by atoms with Crippen LogP contribution in [0.3, 0.4) is 0 Å². The van der Waals surface area contributed by atoms with Gasteiger partial charge in [-0.25, -0.2) is 0 Å². The van der Waals surface area contributed by atoms with Gasteiger partial charge in [-0.1, -0.05) is 6.07 Å². The van der Waals surface area contributed by atoms with Crippen LogP contribution in [-0.2, 0) is 17.8 Å². The summed E-state index contributed by atoms with van der Waals surface area (Å²) in [5, 5.41) is 11.2. The number of carbonyl (C=O) groups excluding carboxylic acids is 1. The van der Waals surface area contributed by atoms with E-state index in [1.165, 1.54) is 0 Å². The van der Waals surface area contributed by atoms with Gasteiger partial charge in [0.2, 0.25) is 5.91 Å². The van der Waals surface area contributed by atoms with Crippen molar-refractivity contribution in [2.75, 3.05) is 6.54 Å². The van der Waals surface area contributed by atoms with Crippen LogP contribution in [0.2, 0.25) is 0 Å². The number of fused-ring (bicyclic) bond motifs is 1. The number of hydrogen-bond donors (Lipinski definition) is 1. The zero-order valence-corrected chi connectivity index (χ0v) is 12.8. The van der Waals surface area contributed by atoms with Gasteiger partial charge in [0.1, 0.15) is 12.4 Å². The van der Waals surface area contributed by atoms with E-state index >= 15 is 0 Å². The maximum Gasteiger partial charge on any atom is 0.239 e. The molecule has 0 saturated heterocycles. The molecule has 0 saturated carbocycles. The summed E-state index contributed by atoms with van der Waals surface area (Å²) in [6.45, 7) is 4.91. The van der Waals surface area contributed by atoms with Gasteiger partial charge in [-0.15, -0.1) is 10.2 Å². The average Bonchev–Trinajstić information content (AvgIpc) is 3.06. The molecule has 0 atom stereocenters. The molecule has 0 radical (unpaired) electrons. The van der Waals surface area contributed by atoms with Crippen LogP contribution in [0.15, 0.2) is 36.5 Å². The summed E-state index contributed by atoms with van der Waals surface area (Å²) in [7, 11) is 0. The fourth-order valence-corrected chi connectivity index (χ4v) is 2.52. The number of aromatic nitrogens is 4. The molecule has 0 aliphatic carbocycles. The van der Waals surface area contributed by atoms with Crippen molar-refractivity contribution >= 4 is 11.6 Å². The molecule has 0 aliphatic rings. The molecule has 0 bridgehead atoms. The second-order valence-electron chi connectivity index (χ2n) is 5.35. The molecule has 3 aromatic rings. The lowest BCUT2D eigenvalue weighted by Crippen LogP contribution is -2.30. The normalized spacial score (nSPS) is 11.0.